The van der Waals surface area contributed by atoms with Gasteiger partial charge in [-0.2, -0.15) is 18.6 Å². The van der Waals surface area contributed by atoms with Crippen LogP contribution in [-0.4, -0.2) is 22.4 Å². The van der Waals surface area contributed by atoms with Crippen LogP contribution in [0.5, 0.6) is 0 Å². The Hall–Kier alpha value is -1.46. The van der Waals surface area contributed by atoms with Gasteiger partial charge in [0.15, 0.2) is 5.69 Å². The minimum Gasteiger partial charge on any atom is -0.461 e. The standard InChI is InChI=1S/C7H8F2N2O2/c1-2-13-6(12)5-3-4-10-11(5)7(8)9/h3-4,7H,2H2,1H3. The smallest absolute Gasteiger partial charge is 0.356 e. The van der Waals surface area contributed by atoms with Crippen LogP contribution in [0.25, 0.3) is 0 Å². The van der Waals surface area contributed by atoms with Gasteiger partial charge >= 0.3 is 12.5 Å². The Balaban J connectivity index is 2.87. The minimum atomic E-state index is -2.82. The average Bonchev–Trinajstić information content (AvgIpc) is 2.52. The van der Waals surface area contributed by atoms with Gasteiger partial charge in [0.05, 0.1) is 12.8 Å². The molecule has 1 aromatic rings. The van der Waals surface area contributed by atoms with Crippen LogP contribution in [0.3, 0.4) is 0 Å². The van der Waals surface area contributed by atoms with Gasteiger partial charge < -0.3 is 4.74 Å². The van der Waals surface area contributed by atoms with Crippen molar-refractivity contribution in [2.45, 2.75) is 13.5 Å². The fraction of sp³-hybridized carbons (Fsp3) is 0.429. The molecule has 0 unspecified atom stereocenters. The topological polar surface area (TPSA) is 44.1 Å². The molecule has 0 aliphatic rings. The zero-order chi connectivity index (χ0) is 9.84. The van der Waals surface area contributed by atoms with Gasteiger partial charge in [-0.05, 0) is 13.0 Å². The molecule has 0 atom stereocenters. The fourth-order valence-corrected chi connectivity index (χ4v) is 0.836. The van der Waals surface area contributed by atoms with Crippen LogP contribution in [0.1, 0.15) is 24.0 Å². The summed E-state index contributed by atoms with van der Waals surface area (Å²) >= 11 is 0. The zero-order valence-corrected chi connectivity index (χ0v) is 6.91. The summed E-state index contributed by atoms with van der Waals surface area (Å²) in [7, 11) is 0. The van der Waals surface area contributed by atoms with Crippen LogP contribution < -0.4 is 0 Å². The third-order valence-corrected chi connectivity index (χ3v) is 1.34. The lowest BCUT2D eigenvalue weighted by molar-refractivity contribution is 0.0356. The Morgan fingerprint density at radius 1 is 1.77 bits per heavy atom. The lowest BCUT2D eigenvalue weighted by atomic mass is 10.4. The maximum atomic E-state index is 12.2. The summed E-state index contributed by atoms with van der Waals surface area (Å²) in [6.07, 6.45) is 1.12. The monoisotopic (exact) mass is 190 g/mol. The van der Waals surface area contributed by atoms with Crippen molar-refractivity contribution in [3.63, 3.8) is 0 Å². The van der Waals surface area contributed by atoms with Crippen molar-refractivity contribution in [3.8, 4) is 0 Å². The predicted octanol–water partition coefficient (Wildman–Crippen LogP) is 1.45. The minimum absolute atomic E-state index is 0.146. The van der Waals surface area contributed by atoms with E-state index >= 15 is 0 Å². The quantitative estimate of drug-likeness (QED) is 0.677. The first-order chi connectivity index (χ1) is 6.16. The Morgan fingerprint density at radius 2 is 2.46 bits per heavy atom. The van der Waals surface area contributed by atoms with Gasteiger partial charge in [-0.25, -0.2) is 4.79 Å². The summed E-state index contributed by atoms with van der Waals surface area (Å²) in [6, 6.07) is 1.18. The van der Waals surface area contributed by atoms with Crippen LogP contribution in [0, 0.1) is 0 Å². The van der Waals surface area contributed by atoms with Crippen LogP contribution in [-0.2, 0) is 4.74 Å². The van der Waals surface area contributed by atoms with Gasteiger partial charge in [-0.1, -0.05) is 0 Å². The molecule has 0 N–H and O–H groups in total. The molecular weight excluding hydrogens is 182 g/mol. The molecule has 0 saturated heterocycles. The highest BCUT2D eigenvalue weighted by atomic mass is 19.3. The maximum absolute atomic E-state index is 12.2. The number of ether oxygens (including phenoxy) is 1. The van der Waals surface area contributed by atoms with Crippen molar-refractivity contribution in [1.29, 1.82) is 0 Å². The van der Waals surface area contributed by atoms with Gasteiger partial charge in [0.1, 0.15) is 0 Å². The highest BCUT2D eigenvalue weighted by Gasteiger charge is 2.18. The number of halogens is 2. The molecule has 0 fully saturated rings. The molecule has 1 heterocycles. The summed E-state index contributed by atoms with van der Waals surface area (Å²) < 4.78 is 29.2. The molecule has 1 aromatic heterocycles. The van der Waals surface area contributed by atoms with Crippen LogP contribution >= 0.6 is 0 Å². The van der Waals surface area contributed by atoms with E-state index in [4.69, 9.17) is 0 Å². The summed E-state index contributed by atoms with van der Waals surface area (Å²) in [5.41, 5.74) is -0.239. The third kappa shape index (κ3) is 2.01. The second-order valence-electron chi connectivity index (χ2n) is 2.16. The van der Waals surface area contributed by atoms with Crippen LogP contribution in [0.4, 0.5) is 8.78 Å². The van der Waals surface area contributed by atoms with Gasteiger partial charge in [0.25, 0.3) is 0 Å². The maximum Gasteiger partial charge on any atom is 0.356 e. The Bertz CT molecular complexity index is 298. The molecule has 0 saturated carbocycles. The highest BCUT2D eigenvalue weighted by molar-refractivity contribution is 5.87. The lowest BCUT2D eigenvalue weighted by Crippen LogP contribution is -2.13. The molecule has 0 aromatic carbocycles. The number of carbonyl (C=O) groups is 1. The van der Waals surface area contributed by atoms with E-state index in [1.807, 2.05) is 0 Å². The first kappa shape index (κ1) is 9.63. The number of rotatable bonds is 3. The largest absolute Gasteiger partial charge is 0.461 e. The number of hydrogen-bond acceptors (Lipinski definition) is 3. The van der Waals surface area contributed by atoms with Crippen molar-refractivity contribution in [2.24, 2.45) is 0 Å². The molecule has 0 spiro atoms. The van der Waals surface area contributed by atoms with Crippen molar-refractivity contribution in [3.05, 3.63) is 18.0 Å². The van der Waals surface area contributed by atoms with E-state index in [9.17, 15) is 13.6 Å². The Morgan fingerprint density at radius 3 is 3.00 bits per heavy atom. The van der Waals surface area contributed by atoms with Crippen molar-refractivity contribution >= 4 is 5.97 Å². The molecule has 72 valence electrons. The van der Waals surface area contributed by atoms with Gasteiger partial charge in [-0.15, -0.1) is 0 Å². The molecule has 6 heteroatoms. The van der Waals surface area contributed by atoms with E-state index in [0.717, 1.165) is 6.20 Å². The zero-order valence-electron chi connectivity index (χ0n) is 6.91. The normalized spacial score (nSPS) is 10.5. The molecule has 0 aliphatic carbocycles. The Kier molecular flexibility index (Phi) is 2.94. The molecule has 0 aliphatic heterocycles. The number of aromatic nitrogens is 2. The first-order valence-corrected chi connectivity index (χ1v) is 3.65. The van der Waals surface area contributed by atoms with E-state index in [2.05, 4.69) is 9.84 Å². The molecule has 0 bridgehead atoms. The van der Waals surface area contributed by atoms with E-state index in [-0.39, 0.29) is 12.3 Å². The molecule has 0 radical (unpaired) electrons. The molecule has 1 rings (SSSR count). The summed E-state index contributed by atoms with van der Waals surface area (Å²) in [5, 5.41) is 3.28. The van der Waals surface area contributed by atoms with Gasteiger partial charge in [0, 0.05) is 0 Å². The number of hydrogen-bond donors (Lipinski definition) is 0. The predicted molar refractivity (Wildman–Crippen MR) is 39.4 cm³/mol. The third-order valence-electron chi connectivity index (χ3n) is 1.34. The number of nitrogens with zero attached hydrogens (tertiary/aromatic N) is 2. The number of alkyl halides is 2. The van der Waals surface area contributed by atoms with Crippen molar-refractivity contribution in [1.82, 2.24) is 9.78 Å². The molecular formula is C7H8F2N2O2. The number of esters is 1. The fourth-order valence-electron chi connectivity index (χ4n) is 0.836. The number of carbonyl (C=O) groups excluding carboxylic acids is 1. The second kappa shape index (κ2) is 3.97. The summed E-state index contributed by atoms with van der Waals surface area (Å²) in [4.78, 5) is 11.0. The SMILES string of the molecule is CCOC(=O)c1ccnn1C(F)F. The Labute approximate surface area is 73.1 Å². The summed E-state index contributed by atoms with van der Waals surface area (Å²) in [5.74, 6) is -0.791. The molecule has 0 amide bonds. The van der Waals surface area contributed by atoms with E-state index in [0.29, 0.717) is 4.68 Å². The summed E-state index contributed by atoms with van der Waals surface area (Å²) in [6.45, 7) is -1.08. The highest BCUT2D eigenvalue weighted by Crippen LogP contribution is 2.12. The van der Waals surface area contributed by atoms with Crippen molar-refractivity contribution < 1.29 is 18.3 Å². The molecule has 13 heavy (non-hydrogen) atoms. The lowest BCUT2D eigenvalue weighted by Gasteiger charge is -2.04. The second-order valence-corrected chi connectivity index (χ2v) is 2.16. The van der Waals surface area contributed by atoms with E-state index < -0.39 is 12.5 Å². The average molecular weight is 190 g/mol. The van der Waals surface area contributed by atoms with Gasteiger partial charge in [-0.3, -0.25) is 0 Å². The van der Waals surface area contributed by atoms with E-state index in [1.54, 1.807) is 6.92 Å². The van der Waals surface area contributed by atoms with Crippen LogP contribution in [0.15, 0.2) is 12.3 Å². The van der Waals surface area contributed by atoms with E-state index in [1.165, 1.54) is 6.07 Å². The first-order valence-electron chi connectivity index (χ1n) is 3.65. The van der Waals surface area contributed by atoms with Crippen molar-refractivity contribution in [2.75, 3.05) is 6.61 Å². The van der Waals surface area contributed by atoms with Gasteiger partial charge in [0.2, 0.25) is 0 Å². The van der Waals surface area contributed by atoms with Crippen LogP contribution in [0.2, 0.25) is 0 Å². The molecule has 4 nitrogen and oxygen atoms in total.